The minimum atomic E-state index is -0.721. The average molecular weight is 253 g/mol. The van der Waals surface area contributed by atoms with Gasteiger partial charge < -0.3 is 5.11 Å². The zero-order valence-corrected chi connectivity index (χ0v) is 11.0. The van der Waals surface area contributed by atoms with Crippen LogP contribution in [0.2, 0.25) is 0 Å². The molecule has 0 spiro atoms. The van der Waals surface area contributed by atoms with E-state index in [1.807, 2.05) is 11.3 Å². The van der Waals surface area contributed by atoms with Crippen LogP contribution >= 0.6 is 11.3 Å². The Bertz CT molecular complexity index is 389. The molecule has 0 bridgehead atoms. The van der Waals surface area contributed by atoms with Crippen molar-refractivity contribution in [3.63, 3.8) is 0 Å². The van der Waals surface area contributed by atoms with Gasteiger partial charge in [0, 0.05) is 10.9 Å². The van der Waals surface area contributed by atoms with Crippen LogP contribution in [-0.2, 0) is 11.2 Å². The van der Waals surface area contributed by atoms with Gasteiger partial charge in [0.2, 0.25) is 0 Å². The lowest BCUT2D eigenvalue weighted by Crippen LogP contribution is -2.35. The van der Waals surface area contributed by atoms with Crippen LogP contribution in [0.1, 0.15) is 42.7 Å². The van der Waals surface area contributed by atoms with Crippen molar-refractivity contribution >= 4 is 17.3 Å². The Balaban J connectivity index is 2.17. The third-order valence-corrected chi connectivity index (χ3v) is 4.31. The van der Waals surface area contributed by atoms with E-state index in [9.17, 15) is 4.79 Å². The summed E-state index contributed by atoms with van der Waals surface area (Å²) in [5.41, 5.74) is 1.37. The number of aliphatic carboxylic acids is 1. The zero-order valence-electron chi connectivity index (χ0n) is 10.2. The lowest BCUT2D eigenvalue weighted by atomic mass is 9.92. The van der Waals surface area contributed by atoms with Crippen LogP contribution in [-0.4, -0.2) is 29.1 Å². The normalized spacial score (nSPS) is 19.3. The van der Waals surface area contributed by atoms with Crippen molar-refractivity contribution in [1.29, 1.82) is 0 Å². The molecule has 3 nitrogen and oxygen atoms in total. The summed E-state index contributed by atoms with van der Waals surface area (Å²) in [6, 6.07) is 2.50. The molecule has 0 saturated carbocycles. The molecule has 1 atom stereocenters. The molecule has 0 amide bonds. The Labute approximate surface area is 106 Å². The van der Waals surface area contributed by atoms with E-state index in [0.717, 1.165) is 25.8 Å². The van der Waals surface area contributed by atoms with Gasteiger partial charge in [-0.25, -0.2) is 0 Å². The lowest BCUT2D eigenvalue weighted by Gasteiger charge is -2.33. The summed E-state index contributed by atoms with van der Waals surface area (Å²) >= 11 is 1.81. The van der Waals surface area contributed by atoms with Gasteiger partial charge in [-0.3, -0.25) is 9.69 Å². The van der Waals surface area contributed by atoms with E-state index < -0.39 is 5.97 Å². The van der Waals surface area contributed by atoms with Gasteiger partial charge in [-0.2, -0.15) is 0 Å². The Hall–Kier alpha value is -0.870. The number of thiophene rings is 1. The van der Waals surface area contributed by atoms with Crippen molar-refractivity contribution in [2.24, 2.45) is 0 Å². The molecule has 4 heteroatoms. The molecule has 1 aliphatic rings. The summed E-state index contributed by atoms with van der Waals surface area (Å²) in [7, 11) is 0. The second kappa shape index (κ2) is 5.65. The molecule has 1 heterocycles. The van der Waals surface area contributed by atoms with Crippen LogP contribution in [0, 0.1) is 0 Å². The largest absolute Gasteiger partial charge is 0.480 e. The Morgan fingerprint density at radius 2 is 2.47 bits per heavy atom. The number of carbonyl (C=O) groups is 1. The summed E-state index contributed by atoms with van der Waals surface area (Å²) in [5.74, 6) is -0.721. The third-order valence-electron chi connectivity index (χ3n) is 3.31. The first kappa shape index (κ1) is 12.6. The molecule has 0 fully saturated rings. The fourth-order valence-electron chi connectivity index (χ4n) is 2.65. The Morgan fingerprint density at radius 1 is 1.65 bits per heavy atom. The number of aryl methyl sites for hydroxylation is 1. The molecule has 0 aliphatic heterocycles. The van der Waals surface area contributed by atoms with Gasteiger partial charge in [0.05, 0.1) is 6.54 Å². The number of hydrogen-bond acceptors (Lipinski definition) is 3. The smallest absolute Gasteiger partial charge is 0.317 e. The van der Waals surface area contributed by atoms with E-state index in [0.29, 0.717) is 6.04 Å². The first-order valence-corrected chi connectivity index (χ1v) is 7.12. The Morgan fingerprint density at radius 3 is 3.18 bits per heavy atom. The summed E-state index contributed by atoms with van der Waals surface area (Å²) in [6.45, 7) is 3.13. The fraction of sp³-hybridized carbons (Fsp3) is 0.615. The second-order valence-corrected chi connectivity index (χ2v) is 5.57. The second-order valence-electron chi connectivity index (χ2n) is 4.57. The molecule has 1 N–H and O–H groups in total. The van der Waals surface area contributed by atoms with Crippen LogP contribution < -0.4 is 0 Å². The molecule has 1 aromatic heterocycles. The summed E-state index contributed by atoms with van der Waals surface area (Å²) in [6.07, 6.45) is 4.44. The van der Waals surface area contributed by atoms with Gasteiger partial charge in [0.25, 0.3) is 0 Å². The molecule has 1 aromatic rings. The predicted molar refractivity (Wildman–Crippen MR) is 69.5 cm³/mol. The number of hydrogen-bond donors (Lipinski definition) is 1. The van der Waals surface area contributed by atoms with Crippen molar-refractivity contribution < 1.29 is 9.90 Å². The minimum absolute atomic E-state index is 0.161. The molecule has 1 unspecified atom stereocenters. The van der Waals surface area contributed by atoms with Crippen LogP contribution in [0.4, 0.5) is 0 Å². The molecular weight excluding hydrogens is 234 g/mol. The number of carboxylic acids is 1. The highest BCUT2D eigenvalue weighted by Crippen LogP contribution is 2.37. The molecule has 0 aromatic carbocycles. The number of carboxylic acid groups (broad SMARTS) is 1. The molecule has 2 rings (SSSR count). The van der Waals surface area contributed by atoms with Crippen molar-refractivity contribution in [1.82, 2.24) is 4.90 Å². The van der Waals surface area contributed by atoms with Crippen LogP contribution in [0.15, 0.2) is 11.4 Å². The van der Waals surface area contributed by atoms with Gasteiger partial charge >= 0.3 is 5.97 Å². The predicted octanol–water partition coefficient (Wildman–Crippen LogP) is 2.92. The minimum Gasteiger partial charge on any atom is -0.480 e. The van der Waals surface area contributed by atoms with E-state index in [1.165, 1.54) is 16.9 Å². The average Bonchev–Trinajstić information content (AvgIpc) is 2.75. The van der Waals surface area contributed by atoms with E-state index in [1.54, 1.807) is 0 Å². The maximum absolute atomic E-state index is 10.9. The fourth-order valence-corrected chi connectivity index (χ4v) is 3.63. The van der Waals surface area contributed by atoms with E-state index >= 15 is 0 Å². The van der Waals surface area contributed by atoms with Crippen molar-refractivity contribution in [3.05, 3.63) is 21.9 Å². The molecular formula is C13H19NO2S. The van der Waals surface area contributed by atoms with Gasteiger partial charge in [-0.1, -0.05) is 6.92 Å². The van der Waals surface area contributed by atoms with Crippen LogP contribution in [0.25, 0.3) is 0 Å². The van der Waals surface area contributed by atoms with Crippen molar-refractivity contribution in [2.45, 2.75) is 38.6 Å². The molecule has 1 aliphatic carbocycles. The maximum atomic E-state index is 10.9. The quantitative estimate of drug-likeness (QED) is 0.877. The molecule has 0 saturated heterocycles. The van der Waals surface area contributed by atoms with E-state index in [-0.39, 0.29) is 6.54 Å². The number of fused-ring (bicyclic) bond motifs is 1. The highest BCUT2D eigenvalue weighted by Gasteiger charge is 2.27. The first-order valence-electron chi connectivity index (χ1n) is 6.24. The monoisotopic (exact) mass is 253 g/mol. The third kappa shape index (κ3) is 2.87. The van der Waals surface area contributed by atoms with Gasteiger partial charge in [0.15, 0.2) is 0 Å². The highest BCUT2D eigenvalue weighted by atomic mass is 32.1. The van der Waals surface area contributed by atoms with Gasteiger partial charge in [-0.15, -0.1) is 11.3 Å². The summed E-state index contributed by atoms with van der Waals surface area (Å²) in [4.78, 5) is 14.5. The van der Waals surface area contributed by atoms with Gasteiger partial charge in [0.1, 0.15) is 0 Å². The number of nitrogens with zero attached hydrogens (tertiary/aromatic N) is 1. The first-order chi connectivity index (χ1) is 8.22. The van der Waals surface area contributed by atoms with E-state index in [2.05, 4.69) is 23.3 Å². The summed E-state index contributed by atoms with van der Waals surface area (Å²) in [5, 5.41) is 11.1. The molecule has 94 valence electrons. The maximum Gasteiger partial charge on any atom is 0.317 e. The standard InChI is InChI=1S/C13H19NO2S/c1-2-7-14(9-13(15)16)11-4-3-5-12-10(11)6-8-17-12/h6,8,11H,2-5,7,9H2,1H3,(H,15,16). The summed E-state index contributed by atoms with van der Waals surface area (Å²) < 4.78 is 0. The zero-order chi connectivity index (χ0) is 12.3. The molecule has 17 heavy (non-hydrogen) atoms. The van der Waals surface area contributed by atoms with E-state index in [4.69, 9.17) is 5.11 Å². The van der Waals surface area contributed by atoms with Gasteiger partial charge in [-0.05, 0) is 49.2 Å². The highest BCUT2D eigenvalue weighted by molar-refractivity contribution is 7.10. The van der Waals surface area contributed by atoms with Crippen molar-refractivity contribution in [2.75, 3.05) is 13.1 Å². The lowest BCUT2D eigenvalue weighted by molar-refractivity contribution is -0.139. The molecule has 0 radical (unpaired) electrons. The Kier molecular flexibility index (Phi) is 4.18. The number of rotatable bonds is 5. The SMILES string of the molecule is CCCN(CC(=O)O)C1CCCc2sccc21. The van der Waals surface area contributed by atoms with Crippen molar-refractivity contribution in [3.8, 4) is 0 Å². The topological polar surface area (TPSA) is 40.5 Å². The van der Waals surface area contributed by atoms with Crippen LogP contribution in [0.5, 0.6) is 0 Å². The van der Waals surface area contributed by atoms with Crippen LogP contribution in [0.3, 0.4) is 0 Å².